The molecule has 0 aliphatic carbocycles. The summed E-state index contributed by atoms with van der Waals surface area (Å²) in [5, 5.41) is 15.6. The van der Waals surface area contributed by atoms with Crippen molar-refractivity contribution in [1.29, 1.82) is 5.26 Å². The molecule has 0 aromatic heterocycles. The number of hydrogen-bond acceptors (Lipinski definition) is 5. The summed E-state index contributed by atoms with van der Waals surface area (Å²) in [6.45, 7) is 3.71. The summed E-state index contributed by atoms with van der Waals surface area (Å²) in [7, 11) is 4.21. The highest BCUT2D eigenvalue weighted by atomic mass is 19.1. The van der Waals surface area contributed by atoms with Crippen molar-refractivity contribution in [2.24, 2.45) is 0 Å². The van der Waals surface area contributed by atoms with Crippen molar-refractivity contribution in [3.63, 3.8) is 0 Å². The van der Waals surface area contributed by atoms with Crippen LogP contribution in [0.5, 0.6) is 0 Å². The van der Waals surface area contributed by atoms with Crippen LogP contribution in [0.15, 0.2) is 30.3 Å². The number of amides is 1. The quantitative estimate of drug-likeness (QED) is 0.791. The van der Waals surface area contributed by atoms with Gasteiger partial charge in [0, 0.05) is 48.2 Å². The minimum absolute atomic E-state index is 0.234. The summed E-state index contributed by atoms with van der Waals surface area (Å²) in [4.78, 5) is 17.4. The predicted molar refractivity (Wildman–Crippen MR) is 121 cm³/mol. The number of benzene rings is 2. The molecule has 2 aliphatic rings. The first kappa shape index (κ1) is 21.1. The molecule has 1 fully saturated rings. The van der Waals surface area contributed by atoms with Gasteiger partial charge in [-0.25, -0.2) is 4.39 Å². The van der Waals surface area contributed by atoms with E-state index in [2.05, 4.69) is 40.6 Å². The Bertz CT molecular complexity index is 1010. The van der Waals surface area contributed by atoms with Gasteiger partial charge in [0.1, 0.15) is 11.9 Å². The van der Waals surface area contributed by atoms with Gasteiger partial charge in [-0.05, 0) is 63.7 Å². The van der Waals surface area contributed by atoms with E-state index in [9.17, 15) is 14.4 Å². The standard InChI is InChI=1S/C24H28FN5O/c1-15-4-5-21(25)20-13-22(28-23(15)20)24(31)27-17-10-16(14-26)11-19(12-17)30-8-6-18(7-9-30)29(2)3/h4-5,10-12,18,22,28H,6-9,13H2,1-3H3,(H,27,31). The molecule has 2 aromatic rings. The number of aryl methyl sites for hydroxylation is 1. The van der Waals surface area contributed by atoms with Gasteiger partial charge in [-0.1, -0.05) is 6.07 Å². The number of carbonyl (C=O) groups is 1. The number of hydrogen-bond donors (Lipinski definition) is 2. The normalized spacial score (nSPS) is 18.5. The topological polar surface area (TPSA) is 71.4 Å². The summed E-state index contributed by atoms with van der Waals surface area (Å²) in [5.74, 6) is -0.527. The van der Waals surface area contributed by atoms with Gasteiger partial charge in [0.15, 0.2) is 0 Å². The summed E-state index contributed by atoms with van der Waals surface area (Å²) in [5.41, 5.74) is 4.21. The van der Waals surface area contributed by atoms with Crippen molar-refractivity contribution in [3.05, 3.63) is 52.8 Å². The Morgan fingerprint density at radius 3 is 2.65 bits per heavy atom. The highest BCUT2D eigenvalue weighted by Crippen LogP contribution is 2.32. The van der Waals surface area contributed by atoms with Crippen LogP contribution in [0.2, 0.25) is 0 Å². The highest BCUT2D eigenvalue weighted by molar-refractivity contribution is 5.98. The minimum Gasteiger partial charge on any atom is -0.373 e. The number of halogens is 1. The van der Waals surface area contributed by atoms with Crippen LogP contribution < -0.4 is 15.5 Å². The molecular formula is C24H28FN5O. The van der Waals surface area contributed by atoms with Gasteiger partial charge in [0.2, 0.25) is 5.91 Å². The molecule has 0 saturated carbocycles. The molecule has 1 saturated heterocycles. The van der Waals surface area contributed by atoms with Crippen LogP contribution in [0.3, 0.4) is 0 Å². The van der Waals surface area contributed by atoms with Gasteiger partial charge < -0.3 is 20.4 Å². The molecule has 1 unspecified atom stereocenters. The van der Waals surface area contributed by atoms with Gasteiger partial charge in [-0.15, -0.1) is 0 Å². The lowest BCUT2D eigenvalue weighted by Gasteiger charge is -2.36. The first-order valence-corrected chi connectivity index (χ1v) is 10.7. The Morgan fingerprint density at radius 1 is 1.26 bits per heavy atom. The molecule has 2 aliphatic heterocycles. The smallest absolute Gasteiger partial charge is 0.247 e. The number of nitrogens with zero attached hydrogens (tertiary/aromatic N) is 3. The lowest BCUT2D eigenvalue weighted by Crippen LogP contribution is -2.42. The van der Waals surface area contributed by atoms with Crippen LogP contribution >= 0.6 is 0 Å². The molecule has 1 amide bonds. The Kier molecular flexibility index (Phi) is 5.84. The number of carbonyl (C=O) groups excluding carboxylic acids is 1. The SMILES string of the molecule is Cc1ccc(F)c2c1NC(C(=O)Nc1cc(C#N)cc(N3CCC(N(C)C)CC3)c1)C2. The highest BCUT2D eigenvalue weighted by Gasteiger charge is 2.30. The second-order valence-corrected chi connectivity index (χ2v) is 8.67. The lowest BCUT2D eigenvalue weighted by atomic mass is 10.0. The third kappa shape index (κ3) is 4.35. The van der Waals surface area contributed by atoms with Crippen LogP contribution in [0.4, 0.5) is 21.5 Å². The van der Waals surface area contributed by atoms with Crippen molar-refractivity contribution in [2.75, 3.05) is 42.7 Å². The van der Waals surface area contributed by atoms with Crippen LogP contribution in [0, 0.1) is 24.1 Å². The van der Waals surface area contributed by atoms with Crippen LogP contribution in [-0.2, 0) is 11.2 Å². The lowest BCUT2D eigenvalue weighted by molar-refractivity contribution is -0.116. The van der Waals surface area contributed by atoms with Crippen LogP contribution in [0.1, 0.15) is 29.5 Å². The molecule has 2 N–H and O–H groups in total. The monoisotopic (exact) mass is 421 g/mol. The molecule has 31 heavy (non-hydrogen) atoms. The molecule has 162 valence electrons. The number of anilines is 3. The number of nitrogens with one attached hydrogen (secondary N) is 2. The molecule has 0 spiro atoms. The molecule has 0 radical (unpaired) electrons. The molecular weight excluding hydrogens is 393 g/mol. The Balaban J connectivity index is 1.48. The Hall–Kier alpha value is -3.11. The van der Waals surface area contributed by atoms with Crippen molar-refractivity contribution >= 4 is 23.0 Å². The fourth-order valence-corrected chi connectivity index (χ4v) is 4.53. The summed E-state index contributed by atoms with van der Waals surface area (Å²) < 4.78 is 14.2. The van der Waals surface area contributed by atoms with E-state index >= 15 is 0 Å². The zero-order valence-corrected chi connectivity index (χ0v) is 18.2. The maximum atomic E-state index is 14.2. The molecule has 2 heterocycles. The van der Waals surface area contributed by atoms with Crippen molar-refractivity contribution in [1.82, 2.24) is 4.90 Å². The number of piperidine rings is 1. The van der Waals surface area contributed by atoms with Crippen LogP contribution in [-0.4, -0.2) is 50.1 Å². The minimum atomic E-state index is -0.546. The van der Waals surface area contributed by atoms with E-state index in [1.165, 1.54) is 6.07 Å². The predicted octanol–water partition coefficient (Wildman–Crippen LogP) is 3.51. The molecule has 6 nitrogen and oxygen atoms in total. The average molecular weight is 422 g/mol. The second-order valence-electron chi connectivity index (χ2n) is 8.67. The zero-order valence-electron chi connectivity index (χ0n) is 18.2. The maximum Gasteiger partial charge on any atom is 0.247 e. The van der Waals surface area contributed by atoms with E-state index < -0.39 is 6.04 Å². The van der Waals surface area contributed by atoms with E-state index in [4.69, 9.17) is 0 Å². The summed E-state index contributed by atoms with van der Waals surface area (Å²) in [6, 6.07) is 10.8. The van der Waals surface area contributed by atoms with E-state index in [1.54, 1.807) is 12.1 Å². The molecule has 2 aromatic carbocycles. The average Bonchev–Trinajstić information content (AvgIpc) is 3.23. The van der Waals surface area contributed by atoms with E-state index in [-0.39, 0.29) is 11.7 Å². The van der Waals surface area contributed by atoms with Gasteiger partial charge in [-0.2, -0.15) is 5.26 Å². The van der Waals surface area contributed by atoms with Gasteiger partial charge in [0.05, 0.1) is 11.6 Å². The third-order valence-electron chi connectivity index (χ3n) is 6.38. The van der Waals surface area contributed by atoms with Gasteiger partial charge >= 0.3 is 0 Å². The zero-order chi connectivity index (χ0) is 22.1. The largest absolute Gasteiger partial charge is 0.373 e. The van der Waals surface area contributed by atoms with Crippen molar-refractivity contribution in [3.8, 4) is 6.07 Å². The maximum absolute atomic E-state index is 14.2. The molecule has 7 heteroatoms. The van der Waals surface area contributed by atoms with E-state index in [1.807, 2.05) is 19.1 Å². The van der Waals surface area contributed by atoms with Crippen molar-refractivity contribution in [2.45, 2.75) is 38.3 Å². The number of fused-ring (bicyclic) bond motifs is 1. The number of rotatable bonds is 4. The Morgan fingerprint density at radius 2 is 2.00 bits per heavy atom. The third-order valence-corrected chi connectivity index (χ3v) is 6.38. The van der Waals surface area contributed by atoms with E-state index in [0.717, 1.165) is 37.2 Å². The Labute approximate surface area is 182 Å². The van der Waals surface area contributed by atoms with Gasteiger partial charge in [0.25, 0.3) is 0 Å². The van der Waals surface area contributed by atoms with E-state index in [0.29, 0.717) is 35.0 Å². The molecule has 4 rings (SSSR count). The second kappa shape index (κ2) is 8.56. The first-order chi connectivity index (χ1) is 14.9. The molecule has 0 bridgehead atoms. The number of nitriles is 1. The summed E-state index contributed by atoms with van der Waals surface area (Å²) >= 11 is 0. The first-order valence-electron chi connectivity index (χ1n) is 10.7. The molecule has 1 atom stereocenters. The fourth-order valence-electron chi connectivity index (χ4n) is 4.53. The van der Waals surface area contributed by atoms with Crippen LogP contribution in [0.25, 0.3) is 0 Å². The fraction of sp³-hybridized carbons (Fsp3) is 0.417. The summed E-state index contributed by atoms with van der Waals surface area (Å²) in [6.07, 6.45) is 2.42. The van der Waals surface area contributed by atoms with Crippen molar-refractivity contribution < 1.29 is 9.18 Å². The van der Waals surface area contributed by atoms with Gasteiger partial charge in [-0.3, -0.25) is 4.79 Å².